The second kappa shape index (κ2) is 8.79. The minimum atomic E-state index is -0.448. The van der Waals surface area contributed by atoms with Crippen molar-refractivity contribution in [2.45, 2.75) is 44.7 Å². The van der Waals surface area contributed by atoms with Crippen molar-refractivity contribution in [2.75, 3.05) is 43.2 Å². The molecule has 1 aliphatic carbocycles. The van der Waals surface area contributed by atoms with E-state index < -0.39 is 12.2 Å². The van der Waals surface area contributed by atoms with E-state index in [1.54, 1.807) is 16.7 Å². The fourth-order valence-electron chi connectivity index (χ4n) is 3.58. The topological polar surface area (TPSA) is 97.1 Å². The van der Waals surface area contributed by atoms with Crippen molar-refractivity contribution >= 4 is 23.6 Å². The predicted molar refractivity (Wildman–Crippen MR) is 108 cm³/mol. The lowest BCUT2D eigenvalue weighted by Gasteiger charge is -2.40. The third-order valence-corrected chi connectivity index (χ3v) is 5.28. The molecule has 0 bridgehead atoms. The van der Waals surface area contributed by atoms with Gasteiger partial charge in [0.25, 0.3) is 0 Å². The fraction of sp³-hybridized carbons (Fsp3) is 0.600. The molecule has 0 aromatic heterocycles. The highest BCUT2D eigenvalue weighted by molar-refractivity contribution is 6.00. The van der Waals surface area contributed by atoms with Gasteiger partial charge in [0.1, 0.15) is 0 Å². The van der Waals surface area contributed by atoms with Crippen molar-refractivity contribution in [1.29, 1.82) is 0 Å². The third-order valence-electron chi connectivity index (χ3n) is 5.28. The lowest BCUT2D eigenvalue weighted by atomic mass is 9.96. The zero-order valence-electron chi connectivity index (χ0n) is 16.8. The number of hydrogen-bond acceptors (Lipinski definition) is 6. The van der Waals surface area contributed by atoms with Gasteiger partial charge in [-0.25, -0.2) is 9.59 Å². The maximum atomic E-state index is 12.6. The molecule has 1 fully saturated rings. The van der Waals surface area contributed by atoms with E-state index in [4.69, 9.17) is 15.2 Å². The number of carbonyl (C=O) groups excluding carboxylic acids is 2. The van der Waals surface area contributed by atoms with E-state index in [9.17, 15) is 9.59 Å². The maximum Gasteiger partial charge on any atom is 0.414 e. The molecule has 0 spiro atoms. The highest BCUT2D eigenvalue weighted by Crippen LogP contribution is 2.38. The summed E-state index contributed by atoms with van der Waals surface area (Å²) in [6.07, 6.45) is 1.56. The molecule has 8 heteroatoms. The summed E-state index contributed by atoms with van der Waals surface area (Å²) < 4.78 is 10.2. The van der Waals surface area contributed by atoms with Gasteiger partial charge in [-0.05, 0) is 44.4 Å². The first-order chi connectivity index (χ1) is 13.5. The number of fused-ring (bicyclic) bond motifs is 1. The van der Waals surface area contributed by atoms with E-state index in [2.05, 4.69) is 5.32 Å². The molecule has 2 aliphatic rings. The Labute approximate surface area is 165 Å². The standard InChI is InChI=1S/C20H30N4O4/c1-4-28-19(25)23-12-13(2)24(20(26)27-3)17-8-5-14(9-18(17)23)15(10-21)11-22-16-6-7-16/h5,8-9,13,15-16,22H,4,6-7,10-12,21H2,1-3H3/t13-,15?/m0/s1. The van der Waals surface area contributed by atoms with Crippen LogP contribution < -0.4 is 20.9 Å². The number of hydrogen-bond donors (Lipinski definition) is 2. The molecular formula is C20H30N4O4. The Hall–Kier alpha value is -2.32. The van der Waals surface area contributed by atoms with Crippen molar-refractivity contribution in [3.63, 3.8) is 0 Å². The monoisotopic (exact) mass is 390 g/mol. The lowest BCUT2D eigenvalue weighted by molar-refractivity contribution is 0.157. The normalized spacial score (nSPS) is 19.8. The van der Waals surface area contributed by atoms with Crippen molar-refractivity contribution in [3.05, 3.63) is 23.8 Å². The quantitative estimate of drug-likeness (QED) is 0.774. The second-order valence-electron chi connectivity index (χ2n) is 7.36. The van der Waals surface area contributed by atoms with E-state index in [1.807, 2.05) is 25.1 Å². The summed E-state index contributed by atoms with van der Waals surface area (Å²) in [5.41, 5.74) is 8.33. The van der Waals surface area contributed by atoms with Gasteiger partial charge in [0.05, 0.1) is 37.7 Å². The first-order valence-electron chi connectivity index (χ1n) is 9.89. The number of anilines is 2. The van der Waals surface area contributed by atoms with Gasteiger partial charge in [-0.15, -0.1) is 0 Å². The van der Waals surface area contributed by atoms with Gasteiger partial charge in [0.2, 0.25) is 0 Å². The number of amides is 2. The Kier molecular flexibility index (Phi) is 6.41. The molecule has 1 heterocycles. The molecule has 154 valence electrons. The van der Waals surface area contributed by atoms with Gasteiger partial charge >= 0.3 is 12.2 Å². The highest BCUT2D eigenvalue weighted by atomic mass is 16.6. The second-order valence-corrected chi connectivity index (χ2v) is 7.36. The van der Waals surface area contributed by atoms with E-state index in [0.717, 1.165) is 12.1 Å². The summed E-state index contributed by atoms with van der Waals surface area (Å²) in [6.45, 7) is 5.55. The molecule has 2 atom stereocenters. The number of rotatable bonds is 6. The molecular weight excluding hydrogens is 360 g/mol. The molecule has 1 saturated carbocycles. The average Bonchev–Trinajstić information content (AvgIpc) is 3.52. The Balaban J connectivity index is 1.96. The summed E-state index contributed by atoms with van der Waals surface area (Å²) in [5.74, 6) is 0.126. The van der Waals surface area contributed by atoms with Crippen LogP contribution in [-0.2, 0) is 9.47 Å². The number of nitrogens with zero attached hydrogens (tertiary/aromatic N) is 2. The van der Waals surface area contributed by atoms with Crippen molar-refractivity contribution in [1.82, 2.24) is 5.32 Å². The number of nitrogens with two attached hydrogens (primary N) is 1. The van der Waals surface area contributed by atoms with Crippen LogP contribution in [0, 0.1) is 0 Å². The van der Waals surface area contributed by atoms with Crippen LogP contribution in [0.15, 0.2) is 18.2 Å². The number of benzene rings is 1. The molecule has 8 nitrogen and oxygen atoms in total. The van der Waals surface area contributed by atoms with Gasteiger partial charge in [0, 0.05) is 25.0 Å². The molecule has 0 saturated heterocycles. The predicted octanol–water partition coefficient (Wildman–Crippen LogP) is 2.42. The lowest BCUT2D eigenvalue weighted by Crippen LogP contribution is -2.52. The van der Waals surface area contributed by atoms with Crippen LogP contribution in [0.1, 0.15) is 38.2 Å². The number of ether oxygens (including phenoxy) is 2. The summed E-state index contributed by atoms with van der Waals surface area (Å²) in [4.78, 5) is 28.1. The van der Waals surface area contributed by atoms with Gasteiger partial charge < -0.3 is 20.5 Å². The Morgan fingerprint density at radius 2 is 2.04 bits per heavy atom. The SMILES string of the molecule is CCOC(=O)N1C[C@H](C)N(C(=O)OC)c2ccc(C(CN)CNC3CC3)cc21. The molecule has 2 amide bonds. The van der Waals surface area contributed by atoms with Crippen LogP contribution in [0.3, 0.4) is 0 Å². The van der Waals surface area contributed by atoms with Crippen LogP contribution in [0.5, 0.6) is 0 Å². The van der Waals surface area contributed by atoms with Crippen LogP contribution in [0.4, 0.5) is 21.0 Å². The fourth-order valence-corrected chi connectivity index (χ4v) is 3.58. The van der Waals surface area contributed by atoms with Gasteiger partial charge in [-0.2, -0.15) is 0 Å². The van der Waals surface area contributed by atoms with Gasteiger partial charge in [0.15, 0.2) is 0 Å². The number of methoxy groups -OCH3 is 1. The van der Waals surface area contributed by atoms with Crippen LogP contribution in [0.2, 0.25) is 0 Å². The zero-order chi connectivity index (χ0) is 20.3. The van der Waals surface area contributed by atoms with Crippen LogP contribution in [0.25, 0.3) is 0 Å². The summed E-state index contributed by atoms with van der Waals surface area (Å²) in [5, 5.41) is 3.51. The van der Waals surface area contributed by atoms with E-state index in [1.165, 1.54) is 20.0 Å². The van der Waals surface area contributed by atoms with Crippen molar-refractivity contribution in [3.8, 4) is 0 Å². The molecule has 1 unspecified atom stereocenters. The minimum Gasteiger partial charge on any atom is -0.452 e. The smallest absolute Gasteiger partial charge is 0.414 e. The number of carbonyl (C=O) groups is 2. The van der Waals surface area contributed by atoms with Crippen LogP contribution >= 0.6 is 0 Å². The first-order valence-corrected chi connectivity index (χ1v) is 9.89. The van der Waals surface area contributed by atoms with Gasteiger partial charge in [-0.1, -0.05) is 6.07 Å². The van der Waals surface area contributed by atoms with E-state index in [-0.39, 0.29) is 18.6 Å². The average molecular weight is 390 g/mol. The molecule has 1 aromatic carbocycles. The van der Waals surface area contributed by atoms with Crippen molar-refractivity contribution in [2.24, 2.45) is 5.73 Å². The number of nitrogens with one attached hydrogen (secondary N) is 1. The largest absolute Gasteiger partial charge is 0.452 e. The van der Waals surface area contributed by atoms with Crippen molar-refractivity contribution < 1.29 is 19.1 Å². The van der Waals surface area contributed by atoms with E-state index in [0.29, 0.717) is 30.5 Å². The molecule has 0 radical (unpaired) electrons. The third kappa shape index (κ3) is 4.23. The Morgan fingerprint density at radius 3 is 2.64 bits per heavy atom. The summed E-state index contributed by atoms with van der Waals surface area (Å²) in [7, 11) is 1.36. The molecule has 3 rings (SSSR count). The maximum absolute atomic E-state index is 12.6. The molecule has 28 heavy (non-hydrogen) atoms. The van der Waals surface area contributed by atoms with E-state index >= 15 is 0 Å². The Morgan fingerprint density at radius 1 is 1.29 bits per heavy atom. The molecule has 3 N–H and O–H groups in total. The molecule has 1 aliphatic heterocycles. The van der Waals surface area contributed by atoms with Crippen LogP contribution in [-0.4, -0.2) is 57.6 Å². The Bertz CT molecular complexity index is 722. The van der Waals surface area contributed by atoms with Gasteiger partial charge in [-0.3, -0.25) is 9.80 Å². The highest BCUT2D eigenvalue weighted by Gasteiger charge is 2.36. The zero-order valence-corrected chi connectivity index (χ0v) is 16.8. The minimum absolute atomic E-state index is 0.126. The summed E-state index contributed by atoms with van der Waals surface area (Å²) in [6, 6.07) is 6.14. The summed E-state index contributed by atoms with van der Waals surface area (Å²) >= 11 is 0. The molecule has 1 aromatic rings. The first kappa shape index (κ1) is 20.4.